The number of nitrogens with one attached hydrogen (secondary N) is 1. The highest BCUT2D eigenvalue weighted by molar-refractivity contribution is 7.87. The molecule has 19 heavy (non-hydrogen) atoms. The number of aliphatic hydroxyl groups excluding tert-OH is 1. The van der Waals surface area contributed by atoms with Gasteiger partial charge >= 0.3 is 0 Å². The van der Waals surface area contributed by atoms with E-state index in [9.17, 15) is 8.42 Å². The molecule has 0 radical (unpaired) electrons. The van der Waals surface area contributed by atoms with Crippen LogP contribution in [0.4, 0.5) is 0 Å². The molecule has 1 rings (SSSR count). The second kappa shape index (κ2) is 6.85. The second-order valence-corrected chi connectivity index (χ2v) is 6.17. The summed E-state index contributed by atoms with van der Waals surface area (Å²) in [7, 11) is -0.555. The molecule has 0 unspecified atom stereocenters. The third kappa shape index (κ3) is 5.15. The third-order valence-corrected chi connectivity index (χ3v) is 3.99. The molecule has 0 aliphatic rings. The molecule has 0 bridgehead atoms. The van der Waals surface area contributed by atoms with Crippen molar-refractivity contribution in [3.05, 3.63) is 29.8 Å². The van der Waals surface area contributed by atoms with E-state index in [1.165, 1.54) is 18.3 Å². The topological polar surface area (TPSA) is 78.9 Å². The molecule has 108 valence electrons. The predicted octanol–water partition coefficient (Wildman–Crippen LogP) is 0.342. The van der Waals surface area contributed by atoms with E-state index in [0.717, 1.165) is 5.56 Å². The summed E-state index contributed by atoms with van der Waals surface area (Å²) in [6, 6.07) is 7.20. The van der Waals surface area contributed by atoms with Gasteiger partial charge in [0.15, 0.2) is 0 Å². The molecule has 0 saturated heterocycles. The summed E-state index contributed by atoms with van der Waals surface area (Å²) in [6.45, 7) is 1.74. The van der Waals surface area contributed by atoms with Gasteiger partial charge in [-0.2, -0.15) is 17.4 Å². The molecule has 1 aromatic rings. The van der Waals surface area contributed by atoms with Gasteiger partial charge in [0, 0.05) is 20.1 Å². The van der Waals surface area contributed by atoms with Gasteiger partial charge in [-0.05, 0) is 24.6 Å². The average molecular weight is 288 g/mol. The fraction of sp³-hybridized carbons (Fsp3) is 0.500. The minimum atomic E-state index is -3.59. The Morgan fingerprint density at radius 3 is 2.74 bits per heavy atom. The first-order chi connectivity index (χ1) is 8.85. The molecule has 0 aliphatic carbocycles. The first kappa shape index (κ1) is 15.9. The lowest BCUT2D eigenvalue weighted by atomic mass is 10.2. The van der Waals surface area contributed by atoms with Gasteiger partial charge in [0.2, 0.25) is 0 Å². The van der Waals surface area contributed by atoms with Gasteiger partial charge in [0.1, 0.15) is 5.75 Å². The largest absolute Gasteiger partial charge is 0.497 e. The van der Waals surface area contributed by atoms with Crippen LogP contribution in [0.15, 0.2) is 24.3 Å². The van der Waals surface area contributed by atoms with E-state index in [2.05, 4.69) is 4.72 Å². The summed E-state index contributed by atoms with van der Waals surface area (Å²) in [4.78, 5) is 0. The van der Waals surface area contributed by atoms with Crippen LogP contribution in [0.2, 0.25) is 0 Å². The highest BCUT2D eigenvalue weighted by atomic mass is 32.2. The quantitative estimate of drug-likeness (QED) is 0.758. The van der Waals surface area contributed by atoms with E-state index in [1.54, 1.807) is 25.3 Å². The molecule has 0 amide bonds. The number of hydrogen-bond donors (Lipinski definition) is 2. The predicted molar refractivity (Wildman–Crippen MR) is 73.1 cm³/mol. The van der Waals surface area contributed by atoms with Crippen LogP contribution < -0.4 is 9.46 Å². The van der Waals surface area contributed by atoms with Crippen molar-refractivity contribution >= 4 is 10.2 Å². The number of nitrogens with zero attached hydrogens (tertiary/aromatic N) is 1. The summed E-state index contributed by atoms with van der Waals surface area (Å²) >= 11 is 0. The van der Waals surface area contributed by atoms with Gasteiger partial charge in [0.25, 0.3) is 10.2 Å². The van der Waals surface area contributed by atoms with Crippen LogP contribution in [0.3, 0.4) is 0 Å². The van der Waals surface area contributed by atoms with Gasteiger partial charge in [0.05, 0.1) is 13.2 Å². The molecular weight excluding hydrogens is 268 g/mol. The smallest absolute Gasteiger partial charge is 0.279 e. The van der Waals surface area contributed by atoms with Crippen molar-refractivity contribution < 1.29 is 18.3 Å². The van der Waals surface area contributed by atoms with Gasteiger partial charge in [-0.3, -0.25) is 0 Å². The maximum Gasteiger partial charge on any atom is 0.279 e. The highest BCUT2D eigenvalue weighted by Crippen LogP contribution is 2.14. The molecule has 0 aliphatic heterocycles. The maximum absolute atomic E-state index is 11.9. The molecular formula is C12H20N2O4S. The van der Waals surface area contributed by atoms with Crippen LogP contribution in [0, 0.1) is 0 Å². The Labute approximate surface area is 114 Å². The zero-order chi connectivity index (χ0) is 14.5. The van der Waals surface area contributed by atoms with Crippen LogP contribution in [-0.4, -0.2) is 44.6 Å². The molecule has 7 heteroatoms. The van der Waals surface area contributed by atoms with E-state index in [4.69, 9.17) is 9.84 Å². The molecule has 0 heterocycles. The normalized spacial score (nSPS) is 13.5. The van der Waals surface area contributed by atoms with Crippen molar-refractivity contribution in [2.24, 2.45) is 0 Å². The maximum atomic E-state index is 11.9. The molecule has 6 nitrogen and oxygen atoms in total. The van der Waals surface area contributed by atoms with E-state index < -0.39 is 16.3 Å². The number of ether oxygens (including phenoxy) is 1. The summed E-state index contributed by atoms with van der Waals surface area (Å²) < 4.78 is 32.3. The number of methoxy groups -OCH3 is 1. The summed E-state index contributed by atoms with van der Waals surface area (Å²) in [6.07, 6.45) is -0.722. The standard InChI is InChI=1S/C12H20N2O4S/c1-10(15)8-13-19(16,17)14(2)9-11-5-4-6-12(7-11)18-3/h4-7,10,13,15H,8-9H2,1-3H3/t10-/m0/s1. The SMILES string of the molecule is COc1cccc(CN(C)S(=O)(=O)NC[C@H](C)O)c1. The van der Waals surface area contributed by atoms with Gasteiger partial charge < -0.3 is 9.84 Å². The summed E-state index contributed by atoms with van der Waals surface area (Å²) in [5, 5.41) is 9.09. The average Bonchev–Trinajstić information content (AvgIpc) is 2.36. The molecule has 0 fully saturated rings. The van der Waals surface area contributed by atoms with E-state index in [-0.39, 0.29) is 13.1 Å². The fourth-order valence-electron chi connectivity index (χ4n) is 1.45. The number of rotatable bonds is 7. The molecule has 1 aromatic carbocycles. The Balaban J connectivity index is 2.69. The Hall–Kier alpha value is -1.15. The minimum absolute atomic E-state index is 0.00914. The molecule has 0 aromatic heterocycles. The van der Waals surface area contributed by atoms with Crippen LogP contribution in [0.5, 0.6) is 5.75 Å². The van der Waals surface area contributed by atoms with E-state index >= 15 is 0 Å². The number of hydrogen-bond acceptors (Lipinski definition) is 4. The van der Waals surface area contributed by atoms with Crippen molar-refractivity contribution in [2.45, 2.75) is 19.6 Å². The number of benzene rings is 1. The Morgan fingerprint density at radius 2 is 2.16 bits per heavy atom. The Morgan fingerprint density at radius 1 is 1.47 bits per heavy atom. The highest BCUT2D eigenvalue weighted by Gasteiger charge is 2.18. The first-order valence-electron chi connectivity index (χ1n) is 5.87. The van der Waals surface area contributed by atoms with Gasteiger partial charge in [-0.15, -0.1) is 0 Å². The van der Waals surface area contributed by atoms with Crippen LogP contribution in [-0.2, 0) is 16.8 Å². The van der Waals surface area contributed by atoms with E-state index in [1.807, 2.05) is 6.07 Å². The molecule has 2 N–H and O–H groups in total. The summed E-state index contributed by atoms with van der Waals surface area (Å²) in [5.74, 6) is 0.681. The van der Waals surface area contributed by atoms with Crippen molar-refractivity contribution in [3.63, 3.8) is 0 Å². The Kier molecular flexibility index (Phi) is 5.74. The van der Waals surface area contributed by atoms with Gasteiger partial charge in [-0.1, -0.05) is 12.1 Å². The second-order valence-electron chi connectivity index (χ2n) is 4.31. The Bertz CT molecular complexity index is 502. The lowest BCUT2D eigenvalue weighted by Crippen LogP contribution is -2.40. The van der Waals surface area contributed by atoms with Crippen molar-refractivity contribution in [2.75, 3.05) is 20.7 Å². The van der Waals surface area contributed by atoms with Crippen molar-refractivity contribution in [3.8, 4) is 5.75 Å². The molecule has 0 spiro atoms. The van der Waals surface area contributed by atoms with Crippen molar-refractivity contribution in [1.82, 2.24) is 9.03 Å². The molecule has 1 atom stereocenters. The van der Waals surface area contributed by atoms with E-state index in [0.29, 0.717) is 5.75 Å². The lowest BCUT2D eigenvalue weighted by Gasteiger charge is -2.18. The lowest BCUT2D eigenvalue weighted by molar-refractivity contribution is 0.198. The monoisotopic (exact) mass is 288 g/mol. The van der Waals surface area contributed by atoms with Crippen molar-refractivity contribution in [1.29, 1.82) is 0 Å². The van der Waals surface area contributed by atoms with Crippen LogP contribution in [0.1, 0.15) is 12.5 Å². The zero-order valence-electron chi connectivity index (χ0n) is 11.3. The zero-order valence-corrected chi connectivity index (χ0v) is 12.1. The number of aliphatic hydroxyl groups is 1. The fourth-order valence-corrected chi connectivity index (χ4v) is 2.44. The summed E-state index contributed by atoms with van der Waals surface area (Å²) in [5.41, 5.74) is 0.823. The van der Waals surface area contributed by atoms with Gasteiger partial charge in [-0.25, -0.2) is 0 Å². The van der Waals surface area contributed by atoms with Crippen LogP contribution >= 0.6 is 0 Å². The van der Waals surface area contributed by atoms with Crippen LogP contribution in [0.25, 0.3) is 0 Å². The third-order valence-electron chi connectivity index (χ3n) is 2.51. The minimum Gasteiger partial charge on any atom is -0.497 e. The first-order valence-corrected chi connectivity index (χ1v) is 7.31. The molecule has 0 saturated carbocycles.